The first kappa shape index (κ1) is 24.5. The maximum Gasteiger partial charge on any atom is 0.238 e. The number of amides is 1. The van der Waals surface area contributed by atoms with E-state index in [1.54, 1.807) is 0 Å². The lowest BCUT2D eigenvalue weighted by Gasteiger charge is -2.36. The second-order valence-electron chi connectivity index (χ2n) is 8.49. The molecule has 176 valence electrons. The molecule has 1 heterocycles. The Balaban J connectivity index is 1.44. The molecule has 0 bridgehead atoms. The Bertz CT molecular complexity index is 933. The van der Waals surface area contributed by atoms with Crippen LogP contribution in [0.3, 0.4) is 0 Å². The molecule has 2 N–H and O–H groups in total. The summed E-state index contributed by atoms with van der Waals surface area (Å²) in [6.07, 6.45) is 4.42. The van der Waals surface area contributed by atoms with Gasteiger partial charge < -0.3 is 20.4 Å². The SMILES string of the molecule is CN=C(NCc1cccc(NC(=O)CN(C)C)c1)N1CCN(C/C=C/c2ccccc2)CC1. The molecule has 0 unspecified atom stereocenters. The van der Waals surface area contributed by atoms with Crippen molar-refractivity contribution in [1.82, 2.24) is 20.0 Å². The average molecular weight is 449 g/mol. The Labute approximate surface area is 197 Å². The summed E-state index contributed by atoms with van der Waals surface area (Å²) in [5.41, 5.74) is 3.15. The molecule has 1 saturated heterocycles. The minimum absolute atomic E-state index is 0.0163. The standard InChI is InChI=1S/C26H36N6O/c1-27-26(28-20-23-11-7-13-24(19-23)29-25(33)21-30(2)3)32-17-15-31(16-18-32)14-8-12-22-9-5-4-6-10-22/h4-13,19H,14-18,20-21H2,1-3H3,(H,27,28)(H,29,33)/b12-8+. The fraction of sp³-hybridized carbons (Fsp3) is 0.385. The number of aliphatic imine (C=N–C) groups is 1. The zero-order valence-electron chi connectivity index (χ0n) is 20.0. The molecule has 2 aromatic carbocycles. The van der Waals surface area contributed by atoms with Crippen molar-refractivity contribution in [3.8, 4) is 0 Å². The average Bonchev–Trinajstić information content (AvgIpc) is 2.81. The highest BCUT2D eigenvalue weighted by atomic mass is 16.2. The summed E-state index contributed by atoms with van der Waals surface area (Å²) in [6, 6.07) is 18.4. The van der Waals surface area contributed by atoms with Gasteiger partial charge in [0.25, 0.3) is 0 Å². The largest absolute Gasteiger partial charge is 0.352 e. The molecule has 33 heavy (non-hydrogen) atoms. The second-order valence-corrected chi connectivity index (χ2v) is 8.49. The number of nitrogens with one attached hydrogen (secondary N) is 2. The molecule has 1 aliphatic rings. The molecule has 1 aliphatic heterocycles. The smallest absolute Gasteiger partial charge is 0.238 e. The van der Waals surface area contributed by atoms with E-state index < -0.39 is 0 Å². The number of carbonyl (C=O) groups excluding carboxylic acids is 1. The number of hydrogen-bond donors (Lipinski definition) is 2. The van der Waals surface area contributed by atoms with E-state index in [2.05, 4.69) is 67.9 Å². The Kier molecular flexibility index (Phi) is 9.47. The Morgan fingerprint density at radius 1 is 1.06 bits per heavy atom. The molecule has 7 nitrogen and oxygen atoms in total. The van der Waals surface area contributed by atoms with Crippen molar-refractivity contribution >= 4 is 23.6 Å². The van der Waals surface area contributed by atoms with Crippen LogP contribution in [-0.4, -0.2) is 87.0 Å². The first-order chi connectivity index (χ1) is 16.0. The topological polar surface area (TPSA) is 63.2 Å². The van der Waals surface area contributed by atoms with Crippen molar-refractivity contribution in [2.45, 2.75) is 6.54 Å². The molecule has 0 radical (unpaired) electrons. The van der Waals surface area contributed by atoms with Gasteiger partial charge in [-0.3, -0.25) is 14.7 Å². The number of guanidine groups is 1. The van der Waals surface area contributed by atoms with Crippen LogP contribution in [0.1, 0.15) is 11.1 Å². The number of likely N-dealkylation sites (N-methyl/N-ethyl adjacent to an activating group) is 1. The van der Waals surface area contributed by atoms with Crippen molar-refractivity contribution in [2.75, 3.05) is 65.7 Å². The molecular formula is C26H36N6O. The zero-order chi connectivity index (χ0) is 23.5. The molecule has 0 saturated carbocycles. The normalized spacial score (nSPS) is 15.3. The van der Waals surface area contributed by atoms with Crippen molar-refractivity contribution < 1.29 is 4.79 Å². The van der Waals surface area contributed by atoms with E-state index in [1.165, 1.54) is 5.56 Å². The summed E-state index contributed by atoms with van der Waals surface area (Å²) >= 11 is 0. The number of rotatable bonds is 8. The summed E-state index contributed by atoms with van der Waals surface area (Å²) < 4.78 is 0. The summed E-state index contributed by atoms with van der Waals surface area (Å²) in [7, 11) is 5.59. The number of carbonyl (C=O) groups is 1. The van der Waals surface area contributed by atoms with E-state index in [-0.39, 0.29) is 5.91 Å². The number of hydrogen-bond acceptors (Lipinski definition) is 4. The van der Waals surface area contributed by atoms with Gasteiger partial charge in [-0.2, -0.15) is 0 Å². The van der Waals surface area contributed by atoms with Crippen LogP contribution in [0.2, 0.25) is 0 Å². The van der Waals surface area contributed by atoms with Gasteiger partial charge in [-0.15, -0.1) is 0 Å². The summed E-state index contributed by atoms with van der Waals surface area (Å²) in [5.74, 6) is 0.897. The highest BCUT2D eigenvalue weighted by Gasteiger charge is 2.18. The predicted octanol–water partition coefficient (Wildman–Crippen LogP) is 2.59. The number of benzene rings is 2. The van der Waals surface area contributed by atoms with Crippen LogP contribution < -0.4 is 10.6 Å². The predicted molar refractivity (Wildman–Crippen MR) is 137 cm³/mol. The molecule has 1 amide bonds. The van der Waals surface area contributed by atoms with Gasteiger partial charge in [0.2, 0.25) is 5.91 Å². The van der Waals surface area contributed by atoms with E-state index in [0.29, 0.717) is 13.1 Å². The van der Waals surface area contributed by atoms with Gasteiger partial charge in [0.05, 0.1) is 6.54 Å². The van der Waals surface area contributed by atoms with E-state index in [4.69, 9.17) is 0 Å². The molecule has 0 atom stereocenters. The van der Waals surface area contributed by atoms with Crippen LogP contribution in [0.4, 0.5) is 5.69 Å². The molecule has 0 spiro atoms. The number of anilines is 1. The monoisotopic (exact) mass is 448 g/mol. The van der Waals surface area contributed by atoms with Gasteiger partial charge in [0.15, 0.2) is 5.96 Å². The summed E-state index contributed by atoms with van der Waals surface area (Å²) in [5, 5.41) is 6.42. The maximum atomic E-state index is 12.0. The van der Waals surface area contributed by atoms with E-state index in [1.807, 2.05) is 50.3 Å². The van der Waals surface area contributed by atoms with E-state index >= 15 is 0 Å². The molecule has 2 aromatic rings. The van der Waals surface area contributed by atoms with E-state index in [0.717, 1.165) is 49.9 Å². The van der Waals surface area contributed by atoms with Gasteiger partial charge in [0, 0.05) is 52.0 Å². The van der Waals surface area contributed by atoms with Gasteiger partial charge >= 0.3 is 0 Å². The zero-order valence-corrected chi connectivity index (χ0v) is 20.0. The third-order valence-electron chi connectivity index (χ3n) is 5.48. The fourth-order valence-corrected chi connectivity index (χ4v) is 3.80. The molecule has 0 aliphatic carbocycles. The van der Waals surface area contributed by atoms with Gasteiger partial charge in [-0.05, 0) is 37.4 Å². The van der Waals surface area contributed by atoms with Crippen LogP contribution in [0.5, 0.6) is 0 Å². The highest BCUT2D eigenvalue weighted by Crippen LogP contribution is 2.11. The molecule has 7 heteroatoms. The minimum Gasteiger partial charge on any atom is -0.352 e. The van der Waals surface area contributed by atoms with Gasteiger partial charge in [0.1, 0.15) is 0 Å². The van der Waals surface area contributed by atoms with Crippen LogP contribution in [0, 0.1) is 0 Å². The Morgan fingerprint density at radius 3 is 2.52 bits per heavy atom. The highest BCUT2D eigenvalue weighted by molar-refractivity contribution is 5.92. The number of nitrogens with zero attached hydrogens (tertiary/aromatic N) is 4. The quantitative estimate of drug-likeness (QED) is 0.480. The lowest BCUT2D eigenvalue weighted by atomic mass is 10.2. The van der Waals surface area contributed by atoms with Gasteiger partial charge in [-0.1, -0.05) is 54.6 Å². The molecular weight excluding hydrogens is 412 g/mol. The number of piperazine rings is 1. The molecule has 1 fully saturated rings. The van der Waals surface area contributed by atoms with Crippen LogP contribution in [0.25, 0.3) is 6.08 Å². The molecule has 0 aromatic heterocycles. The fourth-order valence-electron chi connectivity index (χ4n) is 3.80. The third kappa shape index (κ3) is 8.36. The van der Waals surface area contributed by atoms with Crippen molar-refractivity contribution in [2.24, 2.45) is 4.99 Å². The first-order valence-electron chi connectivity index (χ1n) is 11.5. The maximum absolute atomic E-state index is 12.0. The summed E-state index contributed by atoms with van der Waals surface area (Å²) in [6.45, 7) is 5.88. The van der Waals surface area contributed by atoms with Crippen LogP contribution in [-0.2, 0) is 11.3 Å². The Hall–Kier alpha value is -3.16. The van der Waals surface area contributed by atoms with Crippen LogP contribution >= 0.6 is 0 Å². The van der Waals surface area contributed by atoms with Crippen molar-refractivity contribution in [1.29, 1.82) is 0 Å². The summed E-state index contributed by atoms with van der Waals surface area (Å²) in [4.78, 5) is 23.1. The third-order valence-corrected chi connectivity index (χ3v) is 5.48. The van der Waals surface area contributed by atoms with Crippen molar-refractivity contribution in [3.05, 3.63) is 71.8 Å². The lowest BCUT2D eigenvalue weighted by Crippen LogP contribution is -2.52. The lowest BCUT2D eigenvalue weighted by molar-refractivity contribution is -0.116. The van der Waals surface area contributed by atoms with Crippen molar-refractivity contribution in [3.63, 3.8) is 0 Å². The van der Waals surface area contributed by atoms with E-state index in [9.17, 15) is 4.79 Å². The molecule has 3 rings (SSSR count). The second kappa shape index (κ2) is 12.8. The Morgan fingerprint density at radius 2 is 1.82 bits per heavy atom. The van der Waals surface area contributed by atoms with Gasteiger partial charge in [-0.25, -0.2) is 0 Å². The van der Waals surface area contributed by atoms with Crippen LogP contribution in [0.15, 0.2) is 65.7 Å². The minimum atomic E-state index is -0.0163. The first-order valence-corrected chi connectivity index (χ1v) is 11.5.